The number of carbonyl (C=O) groups is 2. The Morgan fingerprint density at radius 2 is 1.94 bits per heavy atom. The van der Waals surface area contributed by atoms with Crippen LogP contribution in [-0.2, 0) is 21.4 Å². The first-order chi connectivity index (χ1) is 16.2. The normalized spacial score (nSPS) is 11.1. The van der Waals surface area contributed by atoms with Gasteiger partial charge in [0.15, 0.2) is 5.69 Å². The van der Waals surface area contributed by atoms with Crippen LogP contribution in [0.1, 0.15) is 22.5 Å². The lowest BCUT2D eigenvalue weighted by Gasteiger charge is -2.24. The first-order valence-corrected chi connectivity index (χ1v) is 12.5. The molecule has 0 radical (unpaired) electrons. The molecule has 1 heterocycles. The summed E-state index contributed by atoms with van der Waals surface area (Å²) in [6, 6.07) is 9.50. The largest absolute Gasteiger partial charge is 0.497 e. The van der Waals surface area contributed by atoms with E-state index >= 15 is 0 Å². The molecule has 0 bridgehead atoms. The second kappa shape index (κ2) is 10.8. The van der Waals surface area contributed by atoms with E-state index in [0.717, 1.165) is 33.8 Å². The number of halogens is 2. The summed E-state index contributed by atoms with van der Waals surface area (Å²) in [6.45, 7) is -0.245. The van der Waals surface area contributed by atoms with Gasteiger partial charge in [-0.2, -0.15) is 0 Å². The van der Waals surface area contributed by atoms with E-state index in [9.17, 15) is 27.5 Å². The van der Waals surface area contributed by atoms with Crippen LogP contribution < -0.4 is 14.4 Å². The van der Waals surface area contributed by atoms with Gasteiger partial charge in [0.1, 0.15) is 16.6 Å². The van der Waals surface area contributed by atoms with Crippen LogP contribution in [-0.4, -0.2) is 43.4 Å². The summed E-state index contributed by atoms with van der Waals surface area (Å²) in [6.07, 6.45) is -0.0416. The van der Waals surface area contributed by atoms with E-state index in [2.05, 4.69) is 10.3 Å². The summed E-state index contributed by atoms with van der Waals surface area (Å²) in [5.74, 6) is -2.32. The topological polar surface area (TPSA) is 126 Å². The number of carboxylic acid groups (broad SMARTS) is 1. The Balaban J connectivity index is 2.03. The van der Waals surface area contributed by atoms with Crippen LogP contribution in [0.3, 0.4) is 0 Å². The van der Waals surface area contributed by atoms with E-state index in [1.54, 1.807) is 24.3 Å². The van der Waals surface area contributed by atoms with Crippen LogP contribution >= 0.6 is 22.9 Å². The van der Waals surface area contributed by atoms with Crippen molar-refractivity contribution < 1.29 is 32.2 Å². The molecular weight excluding hydrogens is 509 g/mol. The third-order valence-electron chi connectivity index (χ3n) is 4.59. The summed E-state index contributed by atoms with van der Waals surface area (Å²) < 4.78 is 47.7. The van der Waals surface area contributed by atoms with Crippen LogP contribution in [0.25, 0.3) is 0 Å². The zero-order valence-corrected chi connectivity index (χ0v) is 20.1. The Bertz CT molecular complexity index is 1300. The van der Waals surface area contributed by atoms with Gasteiger partial charge in [0.05, 0.1) is 29.7 Å². The highest BCUT2D eigenvalue weighted by molar-refractivity contribution is 7.93. The number of aromatic carboxylic acids is 1. The van der Waals surface area contributed by atoms with E-state index in [1.165, 1.54) is 12.6 Å². The van der Waals surface area contributed by atoms with Gasteiger partial charge in [-0.15, -0.1) is 22.9 Å². The van der Waals surface area contributed by atoms with Crippen molar-refractivity contribution in [2.45, 2.75) is 17.9 Å². The number of thiazole rings is 1. The zero-order chi connectivity index (χ0) is 24.9. The fourth-order valence-corrected chi connectivity index (χ4v) is 5.57. The van der Waals surface area contributed by atoms with Crippen molar-refractivity contribution in [3.05, 3.63) is 65.0 Å². The fourth-order valence-electron chi connectivity index (χ4n) is 2.91. The van der Waals surface area contributed by atoms with Gasteiger partial charge in [0.2, 0.25) is 5.91 Å². The number of hydrogen-bond donors (Lipinski definition) is 2. The number of benzene rings is 2. The molecule has 0 saturated carbocycles. The van der Waals surface area contributed by atoms with E-state index in [4.69, 9.17) is 16.3 Å². The predicted molar refractivity (Wildman–Crippen MR) is 126 cm³/mol. The van der Waals surface area contributed by atoms with Crippen LogP contribution in [0.2, 0.25) is 0 Å². The molecule has 9 nitrogen and oxygen atoms in total. The van der Waals surface area contributed by atoms with Gasteiger partial charge in [-0.25, -0.2) is 22.6 Å². The van der Waals surface area contributed by atoms with Gasteiger partial charge in [0.25, 0.3) is 10.0 Å². The number of carbonyl (C=O) groups excluding carboxylic acids is 1. The molecule has 1 aromatic heterocycles. The molecule has 2 N–H and O–H groups in total. The first kappa shape index (κ1) is 25.4. The number of nitrogens with zero attached hydrogens (tertiary/aromatic N) is 2. The number of ether oxygens (including phenoxy) is 1. The van der Waals surface area contributed by atoms with Crippen molar-refractivity contribution in [3.8, 4) is 5.75 Å². The second-order valence-corrected chi connectivity index (χ2v) is 9.87. The Kier molecular flexibility index (Phi) is 8.07. The number of methoxy groups -OCH3 is 1. The number of alkyl halides is 1. The smallest absolute Gasteiger partial charge is 0.357 e. The molecule has 13 heteroatoms. The Hall–Kier alpha value is -3.22. The Morgan fingerprint density at radius 3 is 2.53 bits per heavy atom. The molecular formula is C21H19ClFN3O6S2. The highest BCUT2D eigenvalue weighted by atomic mass is 35.5. The molecule has 3 aromatic rings. The molecule has 3 rings (SSSR count). The minimum atomic E-state index is -4.44. The van der Waals surface area contributed by atoms with Gasteiger partial charge in [-0.05, 0) is 35.9 Å². The minimum absolute atomic E-state index is 0.0416. The standard InChI is InChI=1S/C21H19ClFN3O6S2/c1-32-14-4-2-13(3-5-14)11-26(20-19(21(28)29)24-12-33-20)34(30,31)15-6-7-17(16(23)10-15)25-18(27)8-9-22/h2-7,10,12H,8-9,11H2,1H3,(H,25,27)(H,28,29). The summed E-state index contributed by atoms with van der Waals surface area (Å²) in [7, 11) is -2.95. The fraction of sp³-hybridized carbons (Fsp3) is 0.190. The third-order valence-corrected chi connectivity index (χ3v) is 7.48. The minimum Gasteiger partial charge on any atom is -0.497 e. The molecule has 0 unspecified atom stereocenters. The predicted octanol–water partition coefficient (Wildman–Crippen LogP) is 3.95. The molecule has 1 amide bonds. The number of nitrogens with one attached hydrogen (secondary N) is 1. The Labute approximate surface area is 203 Å². The third kappa shape index (κ3) is 5.64. The number of carboxylic acids is 1. The number of rotatable bonds is 10. The maximum Gasteiger partial charge on any atom is 0.357 e. The SMILES string of the molecule is COc1ccc(CN(c2scnc2C(=O)O)S(=O)(=O)c2ccc(NC(=O)CCCl)c(F)c2)cc1. The van der Waals surface area contributed by atoms with Crippen LogP contribution in [0.5, 0.6) is 5.75 Å². The van der Waals surface area contributed by atoms with E-state index in [-0.39, 0.29) is 29.5 Å². The van der Waals surface area contributed by atoms with Crippen molar-refractivity contribution in [2.75, 3.05) is 22.6 Å². The average molecular weight is 528 g/mol. The number of aromatic nitrogens is 1. The molecule has 0 aliphatic rings. The number of hydrogen-bond acceptors (Lipinski definition) is 7. The Morgan fingerprint density at radius 1 is 1.24 bits per heavy atom. The highest BCUT2D eigenvalue weighted by Crippen LogP contribution is 2.33. The molecule has 0 aliphatic heterocycles. The maximum atomic E-state index is 14.7. The van der Waals surface area contributed by atoms with Gasteiger partial charge >= 0.3 is 5.97 Å². The van der Waals surface area contributed by atoms with Gasteiger partial charge < -0.3 is 15.2 Å². The van der Waals surface area contributed by atoms with E-state index < -0.39 is 38.3 Å². The van der Waals surface area contributed by atoms with Crippen molar-refractivity contribution >= 4 is 55.5 Å². The summed E-state index contributed by atoms with van der Waals surface area (Å²) in [5, 5.41) is 11.7. The lowest BCUT2D eigenvalue weighted by atomic mass is 10.2. The molecule has 34 heavy (non-hydrogen) atoms. The maximum absolute atomic E-state index is 14.7. The van der Waals surface area contributed by atoms with Crippen LogP contribution in [0.15, 0.2) is 52.9 Å². The summed E-state index contributed by atoms with van der Waals surface area (Å²) in [4.78, 5) is 26.7. The molecule has 0 aliphatic carbocycles. The van der Waals surface area contributed by atoms with Crippen LogP contribution in [0.4, 0.5) is 15.1 Å². The van der Waals surface area contributed by atoms with Gasteiger partial charge in [-0.3, -0.25) is 9.10 Å². The van der Waals surface area contributed by atoms with Crippen molar-refractivity contribution in [2.24, 2.45) is 0 Å². The van der Waals surface area contributed by atoms with Crippen molar-refractivity contribution in [3.63, 3.8) is 0 Å². The zero-order valence-electron chi connectivity index (χ0n) is 17.7. The van der Waals surface area contributed by atoms with Crippen molar-refractivity contribution in [1.82, 2.24) is 4.98 Å². The molecule has 2 aromatic carbocycles. The molecule has 0 spiro atoms. The number of sulfonamides is 1. The second-order valence-electron chi connectivity index (χ2n) is 6.80. The first-order valence-electron chi connectivity index (χ1n) is 9.65. The molecule has 0 atom stereocenters. The molecule has 180 valence electrons. The molecule has 0 fully saturated rings. The average Bonchev–Trinajstić information content (AvgIpc) is 3.29. The van der Waals surface area contributed by atoms with Crippen molar-refractivity contribution in [1.29, 1.82) is 0 Å². The van der Waals surface area contributed by atoms with Gasteiger partial charge in [-0.1, -0.05) is 12.1 Å². The summed E-state index contributed by atoms with van der Waals surface area (Å²) >= 11 is 6.32. The summed E-state index contributed by atoms with van der Waals surface area (Å²) in [5.41, 5.74) is 1.08. The van der Waals surface area contributed by atoms with E-state index in [0.29, 0.717) is 11.3 Å². The number of anilines is 2. The quantitative estimate of drug-likeness (QED) is 0.382. The lowest BCUT2D eigenvalue weighted by molar-refractivity contribution is -0.115. The monoisotopic (exact) mass is 527 g/mol. The van der Waals surface area contributed by atoms with Crippen LogP contribution in [0, 0.1) is 5.82 Å². The lowest BCUT2D eigenvalue weighted by Crippen LogP contribution is -2.31. The highest BCUT2D eigenvalue weighted by Gasteiger charge is 2.31. The number of amides is 1. The molecule has 0 saturated heterocycles. The van der Waals surface area contributed by atoms with E-state index in [1.807, 2.05) is 0 Å². The van der Waals surface area contributed by atoms with Gasteiger partial charge in [0, 0.05) is 12.3 Å².